The Labute approximate surface area is 235 Å². The van der Waals surface area contributed by atoms with E-state index < -0.39 is 26.3 Å². The highest BCUT2D eigenvalue weighted by Crippen LogP contribution is 2.42. The van der Waals surface area contributed by atoms with E-state index in [9.17, 15) is 13.2 Å². The van der Waals surface area contributed by atoms with Crippen LogP contribution in [0.1, 0.15) is 52.0 Å². The van der Waals surface area contributed by atoms with Crippen molar-refractivity contribution in [3.05, 3.63) is 66.8 Å². The van der Waals surface area contributed by atoms with E-state index >= 15 is 0 Å². The number of allylic oxidation sites excluding steroid dienone is 3. The molecule has 212 valence electrons. The van der Waals surface area contributed by atoms with Gasteiger partial charge in [-0.2, -0.15) is 5.10 Å². The molecule has 0 N–H and O–H groups in total. The first kappa shape index (κ1) is 26.6. The quantitative estimate of drug-likeness (QED) is 0.468. The first-order chi connectivity index (χ1) is 18.9. The Morgan fingerprint density at radius 2 is 1.85 bits per heavy atom. The molecule has 10 nitrogen and oxygen atoms in total. The van der Waals surface area contributed by atoms with Crippen LogP contribution in [0, 0.1) is 0 Å². The van der Waals surface area contributed by atoms with Crippen LogP contribution in [-0.4, -0.2) is 73.7 Å². The van der Waals surface area contributed by atoms with Crippen molar-refractivity contribution in [2.45, 2.75) is 68.9 Å². The summed E-state index contributed by atoms with van der Waals surface area (Å²) in [6.45, 7) is 8.71. The molecule has 3 aliphatic rings. The van der Waals surface area contributed by atoms with E-state index in [0.717, 1.165) is 29.5 Å². The molecule has 5 heterocycles. The van der Waals surface area contributed by atoms with Crippen LogP contribution in [0.4, 0.5) is 10.5 Å². The van der Waals surface area contributed by atoms with E-state index in [2.05, 4.69) is 15.0 Å². The number of fused-ring (bicyclic) bond motifs is 3. The summed E-state index contributed by atoms with van der Waals surface area (Å²) >= 11 is 0. The first-order valence-corrected chi connectivity index (χ1v) is 15.1. The van der Waals surface area contributed by atoms with Gasteiger partial charge in [-0.15, -0.1) is 0 Å². The second kappa shape index (κ2) is 9.22. The van der Waals surface area contributed by atoms with E-state index in [0.29, 0.717) is 18.7 Å². The van der Waals surface area contributed by atoms with Gasteiger partial charge in [0.15, 0.2) is 5.65 Å². The van der Waals surface area contributed by atoms with Crippen molar-refractivity contribution in [1.82, 2.24) is 23.6 Å². The molecule has 0 saturated carbocycles. The average molecular weight is 565 g/mol. The number of ether oxygens (including phenoxy) is 1. The Morgan fingerprint density at radius 3 is 2.50 bits per heavy atom. The van der Waals surface area contributed by atoms with Crippen molar-refractivity contribution in [1.29, 1.82) is 0 Å². The Morgan fingerprint density at radius 1 is 1.12 bits per heavy atom. The number of anilines is 1. The average Bonchev–Trinajstić information content (AvgIpc) is 3.58. The Hall–Kier alpha value is -3.60. The molecule has 40 heavy (non-hydrogen) atoms. The lowest BCUT2D eigenvalue weighted by Gasteiger charge is -2.42. The van der Waals surface area contributed by atoms with Crippen molar-refractivity contribution in [2.24, 2.45) is 7.05 Å². The zero-order valence-electron chi connectivity index (χ0n) is 23.6. The van der Waals surface area contributed by atoms with Gasteiger partial charge in [0, 0.05) is 55.7 Å². The highest BCUT2D eigenvalue weighted by Gasteiger charge is 2.48. The van der Waals surface area contributed by atoms with E-state index in [1.54, 1.807) is 42.3 Å². The number of nitrogens with zero attached hydrogens (tertiary/aromatic N) is 6. The number of hydrogen-bond acceptors (Lipinski definition) is 7. The van der Waals surface area contributed by atoms with Crippen molar-refractivity contribution < 1.29 is 17.9 Å². The van der Waals surface area contributed by atoms with Gasteiger partial charge in [-0.1, -0.05) is 24.3 Å². The van der Waals surface area contributed by atoms with Gasteiger partial charge in [0.1, 0.15) is 10.3 Å². The lowest BCUT2D eigenvalue weighted by Crippen LogP contribution is -2.56. The molecule has 0 aromatic carbocycles. The molecule has 11 heteroatoms. The predicted octanol–water partition coefficient (Wildman–Crippen LogP) is 4.20. The van der Waals surface area contributed by atoms with Gasteiger partial charge in [-0.05, 0) is 58.2 Å². The normalized spacial score (nSPS) is 26.6. The largest absolute Gasteiger partial charge is 0.444 e. The lowest BCUT2D eigenvalue weighted by atomic mass is 9.85. The topological polar surface area (TPSA) is 103 Å². The minimum Gasteiger partial charge on any atom is -0.444 e. The SMILES string of the molecule is Cn1cc(C2C=CC=CC2(C)S(=O)(=O)n2ccc3c(N4CC5CCC(C4)N5C(=O)OC(C)(C)C)ccnc32)cn1. The number of aromatic nitrogens is 4. The van der Waals surface area contributed by atoms with Crippen LogP contribution < -0.4 is 4.90 Å². The molecule has 6 rings (SSSR count). The van der Waals surface area contributed by atoms with E-state index in [-0.39, 0.29) is 18.2 Å². The molecule has 4 atom stereocenters. The molecule has 4 unspecified atom stereocenters. The van der Waals surface area contributed by atoms with E-state index in [4.69, 9.17) is 4.74 Å². The highest BCUT2D eigenvalue weighted by molar-refractivity contribution is 7.91. The molecule has 2 bridgehead atoms. The van der Waals surface area contributed by atoms with Crippen LogP contribution in [0.25, 0.3) is 11.0 Å². The molecular weight excluding hydrogens is 528 g/mol. The molecule has 2 fully saturated rings. The molecule has 1 aliphatic carbocycles. The predicted molar refractivity (Wildman–Crippen MR) is 154 cm³/mol. The van der Waals surface area contributed by atoms with Gasteiger partial charge in [0.05, 0.1) is 18.3 Å². The monoisotopic (exact) mass is 564 g/mol. The van der Waals surface area contributed by atoms with Crippen LogP contribution >= 0.6 is 0 Å². The third-order valence-corrected chi connectivity index (χ3v) is 10.6. The van der Waals surface area contributed by atoms with Crippen LogP contribution in [0.5, 0.6) is 0 Å². The van der Waals surface area contributed by atoms with Crippen LogP contribution in [-0.2, 0) is 21.8 Å². The van der Waals surface area contributed by atoms with Crippen LogP contribution in [0.15, 0.2) is 61.2 Å². The Bertz CT molecular complexity index is 1620. The number of pyridine rings is 1. The van der Waals surface area contributed by atoms with Crippen molar-refractivity contribution in [3.63, 3.8) is 0 Å². The fourth-order valence-electron chi connectivity index (χ4n) is 6.40. The third kappa shape index (κ3) is 4.22. The summed E-state index contributed by atoms with van der Waals surface area (Å²) in [5.74, 6) is -0.409. The number of piperazine rings is 1. The molecule has 3 aromatic heterocycles. The summed E-state index contributed by atoms with van der Waals surface area (Å²) in [4.78, 5) is 21.6. The number of carbonyl (C=O) groups is 1. The molecule has 2 saturated heterocycles. The maximum Gasteiger partial charge on any atom is 0.410 e. The lowest BCUT2D eigenvalue weighted by molar-refractivity contribution is 0.0123. The molecule has 3 aromatic rings. The second-order valence-corrected chi connectivity index (χ2v) is 14.4. The van der Waals surface area contributed by atoms with Crippen molar-refractivity contribution in [3.8, 4) is 0 Å². The third-order valence-electron chi connectivity index (χ3n) is 8.32. The van der Waals surface area contributed by atoms with Gasteiger partial charge < -0.3 is 9.64 Å². The number of carbonyl (C=O) groups excluding carboxylic acids is 1. The number of aryl methyl sites for hydroxylation is 1. The number of hydrogen-bond donors (Lipinski definition) is 0. The zero-order valence-corrected chi connectivity index (χ0v) is 24.4. The number of rotatable bonds is 4. The molecule has 2 aliphatic heterocycles. The summed E-state index contributed by atoms with van der Waals surface area (Å²) in [6.07, 6.45) is 15.8. The Kier molecular flexibility index (Phi) is 6.14. The fraction of sp³-hybridized carbons (Fsp3) is 0.483. The highest BCUT2D eigenvalue weighted by atomic mass is 32.2. The summed E-state index contributed by atoms with van der Waals surface area (Å²) in [6, 6.07) is 3.86. The van der Waals surface area contributed by atoms with Gasteiger partial charge in [-0.3, -0.25) is 9.58 Å². The first-order valence-electron chi connectivity index (χ1n) is 13.7. The molecule has 0 radical (unpaired) electrons. The van der Waals surface area contributed by atoms with E-state index in [1.807, 2.05) is 63.2 Å². The van der Waals surface area contributed by atoms with Crippen molar-refractivity contribution >= 4 is 32.8 Å². The zero-order chi connectivity index (χ0) is 28.4. The van der Waals surface area contributed by atoms with Gasteiger partial charge in [-0.25, -0.2) is 22.2 Å². The Balaban J connectivity index is 1.33. The van der Waals surface area contributed by atoms with Crippen molar-refractivity contribution in [2.75, 3.05) is 18.0 Å². The standard InChI is InChI=1S/C29H36N6O4S/c1-28(2,3)39-27(36)35-21-9-10-22(35)19-33(18-21)25-11-14-30-26-23(25)12-15-34(26)40(37,38)29(4)13-7-6-8-24(29)20-16-31-32(5)17-20/h6-8,11-17,21-22,24H,9-10,18-19H2,1-5H3. The smallest absolute Gasteiger partial charge is 0.410 e. The fourth-order valence-corrected chi connectivity index (χ4v) is 8.20. The molecule has 1 amide bonds. The van der Waals surface area contributed by atoms with Gasteiger partial charge in [0.25, 0.3) is 0 Å². The minimum absolute atomic E-state index is 0.0425. The van der Waals surface area contributed by atoms with E-state index in [1.165, 1.54) is 3.97 Å². The number of amides is 1. The van der Waals surface area contributed by atoms with Crippen LogP contribution in [0.3, 0.4) is 0 Å². The molecule has 0 spiro atoms. The summed E-state index contributed by atoms with van der Waals surface area (Å²) in [7, 11) is -2.11. The maximum absolute atomic E-state index is 14.3. The summed E-state index contributed by atoms with van der Waals surface area (Å²) in [5, 5.41) is 5.04. The second-order valence-electron chi connectivity index (χ2n) is 12.2. The minimum atomic E-state index is -3.94. The maximum atomic E-state index is 14.3. The summed E-state index contributed by atoms with van der Waals surface area (Å²) < 4.78 is 36.2. The van der Waals surface area contributed by atoms with Gasteiger partial charge in [0.2, 0.25) is 10.0 Å². The van der Waals surface area contributed by atoms with Gasteiger partial charge >= 0.3 is 6.09 Å². The molecular formula is C29H36N6O4S. The van der Waals surface area contributed by atoms with Crippen LogP contribution in [0.2, 0.25) is 0 Å². The summed E-state index contributed by atoms with van der Waals surface area (Å²) in [5.41, 5.74) is 1.61.